The van der Waals surface area contributed by atoms with Gasteiger partial charge in [-0.05, 0) is 29.8 Å². The van der Waals surface area contributed by atoms with Gasteiger partial charge in [-0.15, -0.1) is 0 Å². The van der Waals surface area contributed by atoms with Crippen molar-refractivity contribution in [3.05, 3.63) is 76.6 Å². The molecule has 0 radical (unpaired) electrons. The predicted octanol–water partition coefficient (Wildman–Crippen LogP) is 3.25. The molecule has 26 heavy (non-hydrogen) atoms. The predicted molar refractivity (Wildman–Crippen MR) is 97.4 cm³/mol. The molecule has 0 aliphatic carbocycles. The lowest BCUT2D eigenvalue weighted by Gasteiger charge is -2.32. The number of nitrogens with one attached hydrogen (secondary N) is 1. The van der Waals surface area contributed by atoms with Crippen molar-refractivity contribution in [3.63, 3.8) is 0 Å². The third kappa shape index (κ3) is 3.04. The maximum Gasteiger partial charge on any atom is 0.272 e. The molecule has 1 unspecified atom stereocenters. The number of H-pyrrole nitrogens is 1. The fraction of sp³-hybridized carbons (Fsp3) is 0.211. The molecule has 0 saturated carbocycles. The van der Waals surface area contributed by atoms with Crippen molar-refractivity contribution in [2.24, 2.45) is 0 Å². The van der Waals surface area contributed by atoms with Crippen LogP contribution in [0.4, 0.5) is 0 Å². The Bertz CT molecular complexity index is 939. The number of nitrogens with zero attached hydrogens (tertiary/aromatic N) is 3. The molecule has 1 aliphatic heterocycles. The quantitative estimate of drug-likeness (QED) is 0.770. The van der Waals surface area contributed by atoms with Gasteiger partial charge in [0, 0.05) is 18.7 Å². The molecule has 1 amide bonds. The Balaban J connectivity index is 1.67. The molecule has 6 nitrogen and oxygen atoms in total. The van der Waals surface area contributed by atoms with Crippen LogP contribution in [-0.2, 0) is 6.54 Å². The van der Waals surface area contributed by atoms with E-state index in [-0.39, 0.29) is 11.8 Å². The minimum absolute atomic E-state index is 0.0312. The maximum absolute atomic E-state index is 12.9. The average Bonchev–Trinajstić information content (AvgIpc) is 3.16. The topological polar surface area (TPSA) is 71.1 Å². The SMILES string of the molecule is COc1cccc(C2CN(C(=O)c3ccc(Cl)cn3)Cc3[nH]cnc32)c1. The van der Waals surface area contributed by atoms with Gasteiger partial charge in [0.15, 0.2) is 0 Å². The summed E-state index contributed by atoms with van der Waals surface area (Å²) in [5.41, 5.74) is 3.33. The summed E-state index contributed by atoms with van der Waals surface area (Å²) in [5, 5.41) is 0.505. The molecule has 1 atom stereocenters. The number of imidazole rings is 1. The fourth-order valence-corrected chi connectivity index (χ4v) is 3.37. The number of rotatable bonds is 3. The zero-order chi connectivity index (χ0) is 18.1. The second-order valence-electron chi connectivity index (χ2n) is 6.14. The van der Waals surface area contributed by atoms with Gasteiger partial charge in [-0.25, -0.2) is 9.97 Å². The lowest BCUT2D eigenvalue weighted by Crippen LogP contribution is -2.39. The van der Waals surface area contributed by atoms with Gasteiger partial charge in [0.1, 0.15) is 11.4 Å². The van der Waals surface area contributed by atoms with Gasteiger partial charge in [0.25, 0.3) is 5.91 Å². The lowest BCUT2D eigenvalue weighted by atomic mass is 9.90. The summed E-state index contributed by atoms with van der Waals surface area (Å²) >= 11 is 5.87. The number of aromatic amines is 1. The molecule has 4 rings (SSSR count). The molecule has 0 spiro atoms. The van der Waals surface area contributed by atoms with E-state index in [1.54, 1.807) is 30.5 Å². The Hall–Kier alpha value is -2.86. The number of pyridine rings is 1. The van der Waals surface area contributed by atoms with E-state index in [0.717, 1.165) is 22.7 Å². The molecule has 0 fully saturated rings. The van der Waals surface area contributed by atoms with Crippen LogP contribution in [0.3, 0.4) is 0 Å². The van der Waals surface area contributed by atoms with E-state index < -0.39 is 0 Å². The van der Waals surface area contributed by atoms with Gasteiger partial charge in [-0.3, -0.25) is 4.79 Å². The van der Waals surface area contributed by atoms with Crippen molar-refractivity contribution >= 4 is 17.5 Å². The van der Waals surface area contributed by atoms with Gasteiger partial charge in [-0.1, -0.05) is 23.7 Å². The van der Waals surface area contributed by atoms with Crippen molar-refractivity contribution in [3.8, 4) is 5.75 Å². The van der Waals surface area contributed by atoms with E-state index in [2.05, 4.69) is 15.0 Å². The summed E-state index contributed by atoms with van der Waals surface area (Å²) in [7, 11) is 1.64. The number of ether oxygens (including phenoxy) is 1. The third-order valence-corrected chi connectivity index (χ3v) is 4.79. The van der Waals surface area contributed by atoms with E-state index >= 15 is 0 Å². The largest absolute Gasteiger partial charge is 0.497 e. The second-order valence-corrected chi connectivity index (χ2v) is 6.58. The summed E-state index contributed by atoms with van der Waals surface area (Å²) in [5.74, 6) is 0.619. The van der Waals surface area contributed by atoms with Crippen LogP contribution in [-0.4, -0.2) is 39.4 Å². The van der Waals surface area contributed by atoms with Gasteiger partial charge < -0.3 is 14.6 Å². The summed E-state index contributed by atoms with van der Waals surface area (Å²) in [4.78, 5) is 26.5. The van der Waals surface area contributed by atoms with Gasteiger partial charge >= 0.3 is 0 Å². The number of methoxy groups -OCH3 is 1. The highest BCUT2D eigenvalue weighted by Gasteiger charge is 2.32. The smallest absolute Gasteiger partial charge is 0.272 e. The Morgan fingerprint density at radius 3 is 2.96 bits per heavy atom. The van der Waals surface area contributed by atoms with Crippen molar-refractivity contribution in [2.45, 2.75) is 12.5 Å². The van der Waals surface area contributed by atoms with Crippen molar-refractivity contribution in [1.29, 1.82) is 0 Å². The van der Waals surface area contributed by atoms with Crippen molar-refractivity contribution in [1.82, 2.24) is 19.9 Å². The first kappa shape index (κ1) is 16.6. The summed E-state index contributed by atoms with van der Waals surface area (Å²) in [6.07, 6.45) is 3.16. The summed E-state index contributed by atoms with van der Waals surface area (Å²) < 4.78 is 5.34. The first-order valence-electron chi connectivity index (χ1n) is 8.22. The van der Waals surface area contributed by atoms with E-state index in [1.165, 1.54) is 6.20 Å². The molecule has 3 aromatic rings. The minimum atomic E-state index is -0.130. The number of hydrogen-bond donors (Lipinski definition) is 1. The van der Waals surface area contributed by atoms with Gasteiger partial charge in [0.2, 0.25) is 0 Å². The zero-order valence-corrected chi connectivity index (χ0v) is 14.9. The van der Waals surface area contributed by atoms with Crippen LogP contribution in [0.5, 0.6) is 5.75 Å². The normalized spacial score (nSPS) is 16.2. The van der Waals surface area contributed by atoms with E-state index in [9.17, 15) is 4.79 Å². The Kier molecular flexibility index (Phi) is 4.34. The zero-order valence-electron chi connectivity index (χ0n) is 14.1. The van der Waals surface area contributed by atoms with Crippen LogP contribution in [0.2, 0.25) is 5.02 Å². The molecule has 1 aromatic carbocycles. The standard InChI is InChI=1S/C19H17ClN4O2/c1-26-14-4-2-3-12(7-14)15-9-24(10-17-18(15)23-11-22-17)19(25)16-6-5-13(20)8-21-16/h2-8,11,15H,9-10H2,1H3,(H,22,23). The lowest BCUT2D eigenvalue weighted by molar-refractivity contribution is 0.0716. The van der Waals surface area contributed by atoms with E-state index in [1.807, 2.05) is 24.3 Å². The Morgan fingerprint density at radius 2 is 2.19 bits per heavy atom. The molecule has 2 aromatic heterocycles. The number of amides is 1. The number of aromatic nitrogens is 3. The molecule has 1 N–H and O–H groups in total. The fourth-order valence-electron chi connectivity index (χ4n) is 3.26. The highest BCUT2D eigenvalue weighted by Crippen LogP contribution is 2.33. The highest BCUT2D eigenvalue weighted by molar-refractivity contribution is 6.30. The third-order valence-electron chi connectivity index (χ3n) is 4.56. The first-order chi connectivity index (χ1) is 12.7. The number of carbonyl (C=O) groups excluding carboxylic acids is 1. The second kappa shape index (κ2) is 6.80. The van der Waals surface area contributed by atoms with Crippen LogP contribution in [0.25, 0.3) is 0 Å². The number of fused-ring (bicyclic) bond motifs is 1. The van der Waals surface area contributed by atoms with Crippen molar-refractivity contribution < 1.29 is 9.53 Å². The maximum atomic E-state index is 12.9. The molecular weight excluding hydrogens is 352 g/mol. The average molecular weight is 369 g/mol. The number of hydrogen-bond acceptors (Lipinski definition) is 4. The number of benzene rings is 1. The molecule has 0 saturated heterocycles. The van der Waals surface area contributed by atoms with E-state index in [0.29, 0.717) is 23.8 Å². The van der Waals surface area contributed by atoms with Gasteiger partial charge in [0.05, 0.1) is 36.4 Å². The molecule has 0 bridgehead atoms. The van der Waals surface area contributed by atoms with Crippen LogP contribution in [0, 0.1) is 0 Å². The van der Waals surface area contributed by atoms with E-state index in [4.69, 9.17) is 16.3 Å². The molecule has 3 heterocycles. The minimum Gasteiger partial charge on any atom is -0.497 e. The molecule has 1 aliphatic rings. The van der Waals surface area contributed by atoms with Crippen LogP contribution in [0.15, 0.2) is 48.9 Å². The number of halogens is 1. The molecule has 132 valence electrons. The van der Waals surface area contributed by atoms with Gasteiger partial charge in [-0.2, -0.15) is 0 Å². The van der Waals surface area contributed by atoms with Crippen LogP contribution >= 0.6 is 11.6 Å². The Labute approximate surface area is 155 Å². The van der Waals surface area contributed by atoms with Crippen LogP contribution < -0.4 is 4.74 Å². The summed E-state index contributed by atoms with van der Waals surface area (Å²) in [6, 6.07) is 11.2. The Morgan fingerprint density at radius 1 is 1.31 bits per heavy atom. The monoisotopic (exact) mass is 368 g/mol. The number of carbonyl (C=O) groups is 1. The first-order valence-corrected chi connectivity index (χ1v) is 8.60. The molecule has 7 heteroatoms. The molecular formula is C19H17ClN4O2. The highest BCUT2D eigenvalue weighted by atomic mass is 35.5. The van der Waals surface area contributed by atoms with Crippen molar-refractivity contribution in [2.75, 3.05) is 13.7 Å². The summed E-state index contributed by atoms with van der Waals surface area (Å²) in [6.45, 7) is 0.993. The van der Waals surface area contributed by atoms with Crippen LogP contribution in [0.1, 0.15) is 33.4 Å².